The van der Waals surface area contributed by atoms with Gasteiger partial charge in [0.1, 0.15) is 0 Å². The summed E-state index contributed by atoms with van der Waals surface area (Å²) < 4.78 is 6.24. The Bertz CT molecular complexity index is 329. The fourth-order valence-electron chi connectivity index (χ4n) is 3.65. The highest BCUT2D eigenvalue weighted by molar-refractivity contribution is 6.55. The normalized spacial score (nSPS) is 28.1. The lowest BCUT2D eigenvalue weighted by Gasteiger charge is -2.39. The fourth-order valence-corrected chi connectivity index (χ4v) is 3.65. The molecule has 1 nitrogen and oxygen atoms in total. The minimum absolute atomic E-state index is 0.553. The molecular formula is C15H21BO. The van der Waals surface area contributed by atoms with Gasteiger partial charge in [0.2, 0.25) is 0 Å². The average Bonchev–Trinajstić information content (AvgIpc) is 2.37. The molecule has 0 saturated carbocycles. The number of rotatable bonds is 3. The van der Waals surface area contributed by atoms with Gasteiger partial charge >= 0.3 is 0 Å². The zero-order valence-electron chi connectivity index (χ0n) is 10.5. The Balaban J connectivity index is 1.61. The molecule has 0 spiro atoms. The predicted octanol–water partition coefficient (Wildman–Crippen LogP) is 4.30. The summed E-state index contributed by atoms with van der Waals surface area (Å²) in [6.07, 6.45) is 8.46. The molecule has 2 bridgehead atoms. The van der Waals surface area contributed by atoms with Gasteiger partial charge in [-0.05, 0) is 17.2 Å². The first-order chi connectivity index (χ1) is 8.43. The van der Waals surface area contributed by atoms with Crippen LogP contribution < -0.4 is 0 Å². The van der Waals surface area contributed by atoms with E-state index in [0.717, 1.165) is 18.2 Å². The molecule has 0 aliphatic carbocycles. The number of hydrogen-bond acceptors (Lipinski definition) is 1. The van der Waals surface area contributed by atoms with Crippen LogP contribution in [0.2, 0.25) is 11.6 Å². The van der Waals surface area contributed by atoms with Crippen molar-refractivity contribution >= 4 is 6.92 Å². The van der Waals surface area contributed by atoms with Crippen molar-refractivity contribution in [2.45, 2.75) is 56.8 Å². The SMILES string of the molecule is c1ccc(COB2C3CCCC2CCC3)cc1. The summed E-state index contributed by atoms with van der Waals surface area (Å²) in [5.41, 5.74) is 1.32. The molecule has 2 fully saturated rings. The topological polar surface area (TPSA) is 9.23 Å². The van der Waals surface area contributed by atoms with Gasteiger partial charge in [0.25, 0.3) is 6.92 Å². The second kappa shape index (κ2) is 5.26. The molecule has 2 saturated heterocycles. The van der Waals surface area contributed by atoms with E-state index in [0.29, 0.717) is 6.92 Å². The minimum Gasteiger partial charge on any atom is -0.431 e. The molecule has 0 amide bonds. The highest BCUT2D eigenvalue weighted by Crippen LogP contribution is 2.46. The fraction of sp³-hybridized carbons (Fsp3) is 0.600. The first kappa shape index (κ1) is 11.3. The monoisotopic (exact) mass is 228 g/mol. The average molecular weight is 228 g/mol. The molecule has 0 radical (unpaired) electrons. The smallest absolute Gasteiger partial charge is 0.299 e. The third-order valence-corrected chi connectivity index (χ3v) is 4.51. The van der Waals surface area contributed by atoms with Crippen molar-refractivity contribution in [1.82, 2.24) is 0 Å². The molecule has 0 unspecified atom stereocenters. The quantitative estimate of drug-likeness (QED) is 0.700. The van der Waals surface area contributed by atoms with E-state index in [9.17, 15) is 0 Å². The Morgan fingerprint density at radius 3 is 2.12 bits per heavy atom. The van der Waals surface area contributed by atoms with Crippen molar-refractivity contribution in [3.05, 3.63) is 35.9 Å². The summed E-state index contributed by atoms with van der Waals surface area (Å²) in [4.78, 5) is 0. The summed E-state index contributed by atoms with van der Waals surface area (Å²) in [7, 11) is 0. The Kier molecular flexibility index (Phi) is 3.51. The lowest BCUT2D eigenvalue weighted by Crippen LogP contribution is -2.37. The molecule has 2 aliphatic heterocycles. The van der Waals surface area contributed by atoms with Crippen LogP contribution in [0.1, 0.15) is 44.1 Å². The van der Waals surface area contributed by atoms with Crippen LogP contribution in [0, 0.1) is 0 Å². The van der Waals surface area contributed by atoms with Gasteiger partial charge < -0.3 is 4.65 Å². The zero-order chi connectivity index (χ0) is 11.5. The molecule has 2 heterocycles. The first-order valence-electron chi connectivity index (χ1n) is 7.09. The molecule has 1 aromatic rings. The van der Waals surface area contributed by atoms with Crippen LogP contribution in [0.25, 0.3) is 0 Å². The van der Waals surface area contributed by atoms with Crippen molar-refractivity contribution in [2.75, 3.05) is 0 Å². The summed E-state index contributed by atoms with van der Waals surface area (Å²) >= 11 is 0. The Morgan fingerprint density at radius 2 is 1.53 bits per heavy atom. The third-order valence-electron chi connectivity index (χ3n) is 4.51. The van der Waals surface area contributed by atoms with E-state index in [4.69, 9.17) is 4.65 Å². The molecule has 0 N–H and O–H groups in total. The second-order valence-electron chi connectivity index (χ2n) is 5.64. The molecule has 2 heteroatoms. The van der Waals surface area contributed by atoms with Gasteiger partial charge in [-0.3, -0.25) is 0 Å². The Hall–Kier alpha value is -0.755. The van der Waals surface area contributed by atoms with Gasteiger partial charge in [-0.1, -0.05) is 68.9 Å². The first-order valence-corrected chi connectivity index (χ1v) is 7.09. The van der Waals surface area contributed by atoms with Crippen LogP contribution in [0.5, 0.6) is 0 Å². The third kappa shape index (κ3) is 2.57. The molecule has 17 heavy (non-hydrogen) atoms. The Labute approximate surface area is 105 Å². The van der Waals surface area contributed by atoms with E-state index in [-0.39, 0.29) is 0 Å². The van der Waals surface area contributed by atoms with E-state index < -0.39 is 0 Å². The molecule has 0 aromatic heterocycles. The number of benzene rings is 1. The summed E-state index contributed by atoms with van der Waals surface area (Å²) in [6.45, 7) is 1.36. The van der Waals surface area contributed by atoms with Gasteiger partial charge in [-0.2, -0.15) is 0 Å². The van der Waals surface area contributed by atoms with Gasteiger partial charge in [0, 0.05) is 0 Å². The van der Waals surface area contributed by atoms with Gasteiger partial charge in [-0.25, -0.2) is 0 Å². The maximum absolute atomic E-state index is 6.24. The van der Waals surface area contributed by atoms with Crippen molar-refractivity contribution < 1.29 is 4.65 Å². The van der Waals surface area contributed by atoms with Crippen molar-refractivity contribution in [2.24, 2.45) is 0 Å². The lowest BCUT2D eigenvalue weighted by atomic mass is 9.38. The van der Waals surface area contributed by atoms with Crippen LogP contribution in [0.15, 0.2) is 30.3 Å². The van der Waals surface area contributed by atoms with E-state index in [1.165, 1.54) is 44.1 Å². The van der Waals surface area contributed by atoms with Crippen molar-refractivity contribution in [3.63, 3.8) is 0 Å². The van der Waals surface area contributed by atoms with Crippen molar-refractivity contribution in [1.29, 1.82) is 0 Å². The summed E-state index contributed by atoms with van der Waals surface area (Å²) in [5, 5.41) is 0. The van der Waals surface area contributed by atoms with Crippen LogP contribution in [0.3, 0.4) is 0 Å². The van der Waals surface area contributed by atoms with Crippen LogP contribution in [0.4, 0.5) is 0 Å². The van der Waals surface area contributed by atoms with E-state index >= 15 is 0 Å². The van der Waals surface area contributed by atoms with Crippen LogP contribution in [-0.2, 0) is 11.3 Å². The maximum atomic E-state index is 6.24. The molecule has 90 valence electrons. The predicted molar refractivity (Wildman–Crippen MR) is 72.2 cm³/mol. The summed E-state index contributed by atoms with van der Waals surface area (Å²) in [5.74, 6) is 1.71. The second-order valence-corrected chi connectivity index (χ2v) is 5.64. The number of hydrogen-bond donors (Lipinski definition) is 0. The van der Waals surface area contributed by atoms with E-state index in [1.54, 1.807) is 0 Å². The molecule has 2 aliphatic rings. The molecular weight excluding hydrogens is 207 g/mol. The van der Waals surface area contributed by atoms with Crippen LogP contribution >= 0.6 is 0 Å². The molecule has 1 aromatic carbocycles. The standard InChI is InChI=1S/C15H21BO/c1-2-6-13(7-3-1)12-17-16-14-8-4-9-15(16)11-5-10-14/h1-3,6-7,14-15H,4-5,8-12H2. The largest absolute Gasteiger partial charge is 0.431 e. The Morgan fingerprint density at radius 1 is 0.941 bits per heavy atom. The van der Waals surface area contributed by atoms with Crippen molar-refractivity contribution in [3.8, 4) is 0 Å². The maximum Gasteiger partial charge on any atom is 0.299 e. The zero-order valence-corrected chi connectivity index (χ0v) is 10.5. The summed E-state index contributed by atoms with van der Waals surface area (Å²) in [6, 6.07) is 10.6. The van der Waals surface area contributed by atoms with E-state index in [2.05, 4.69) is 30.3 Å². The van der Waals surface area contributed by atoms with Crippen LogP contribution in [-0.4, -0.2) is 6.92 Å². The molecule has 0 atom stereocenters. The molecule has 3 rings (SSSR count). The number of fused-ring (bicyclic) bond motifs is 2. The minimum atomic E-state index is 0.553. The van der Waals surface area contributed by atoms with Gasteiger partial charge in [0.15, 0.2) is 0 Å². The van der Waals surface area contributed by atoms with Gasteiger partial charge in [0.05, 0.1) is 6.61 Å². The van der Waals surface area contributed by atoms with Gasteiger partial charge in [-0.15, -0.1) is 0 Å². The highest BCUT2D eigenvalue weighted by atomic mass is 16.4. The van der Waals surface area contributed by atoms with E-state index in [1.807, 2.05) is 0 Å². The highest BCUT2D eigenvalue weighted by Gasteiger charge is 2.40. The lowest BCUT2D eigenvalue weighted by molar-refractivity contribution is 0.258.